The second kappa shape index (κ2) is 5.09. The fraction of sp³-hybridized carbons (Fsp3) is 0.500. The number of pyridine rings is 1. The van der Waals surface area contributed by atoms with Crippen molar-refractivity contribution in [1.82, 2.24) is 20.4 Å². The highest BCUT2D eigenvalue weighted by atomic mass is 16.5. The molecule has 0 spiro atoms. The summed E-state index contributed by atoms with van der Waals surface area (Å²) >= 11 is 0. The Hall–Kier alpha value is -1.75. The number of rotatable bonds is 4. The molecular weight excluding hydrogens is 240 g/mol. The van der Waals surface area contributed by atoms with Crippen molar-refractivity contribution in [2.45, 2.75) is 38.1 Å². The molecule has 0 amide bonds. The van der Waals surface area contributed by atoms with E-state index in [1.165, 1.54) is 0 Å². The van der Waals surface area contributed by atoms with E-state index in [-0.39, 0.29) is 5.54 Å². The van der Waals surface area contributed by atoms with E-state index >= 15 is 0 Å². The Bertz CT molecular complexity index is 531. The molecule has 3 rings (SSSR count). The molecule has 0 saturated carbocycles. The third-order valence-corrected chi connectivity index (χ3v) is 3.65. The van der Waals surface area contributed by atoms with Crippen LogP contribution in [0, 0.1) is 0 Å². The summed E-state index contributed by atoms with van der Waals surface area (Å²) in [5.41, 5.74) is 0.622. The Morgan fingerprint density at radius 2 is 2.37 bits per heavy atom. The van der Waals surface area contributed by atoms with E-state index < -0.39 is 0 Å². The second-order valence-electron chi connectivity index (χ2n) is 5.00. The molecule has 1 aliphatic rings. The van der Waals surface area contributed by atoms with Crippen LogP contribution in [0.5, 0.6) is 0 Å². The summed E-state index contributed by atoms with van der Waals surface area (Å²) in [7, 11) is 0. The monoisotopic (exact) mass is 258 g/mol. The first-order valence-electron chi connectivity index (χ1n) is 6.85. The zero-order chi connectivity index (χ0) is 13.1. The van der Waals surface area contributed by atoms with Gasteiger partial charge in [0.15, 0.2) is 0 Å². The van der Waals surface area contributed by atoms with Crippen molar-refractivity contribution < 1.29 is 4.52 Å². The van der Waals surface area contributed by atoms with Gasteiger partial charge in [-0.3, -0.25) is 4.98 Å². The third kappa shape index (κ3) is 2.26. The zero-order valence-corrected chi connectivity index (χ0v) is 11.1. The maximum absolute atomic E-state index is 5.50. The van der Waals surface area contributed by atoms with Crippen LogP contribution in [0.1, 0.15) is 38.5 Å². The minimum absolute atomic E-state index is 0.130. The largest absolute Gasteiger partial charge is 0.337 e. The van der Waals surface area contributed by atoms with Crippen LogP contribution in [0.25, 0.3) is 11.5 Å². The SMILES string of the molecule is CCCC1(c2nc(-c3ccccn3)no2)CCCN1. The highest BCUT2D eigenvalue weighted by Crippen LogP contribution is 2.34. The zero-order valence-electron chi connectivity index (χ0n) is 11.1. The van der Waals surface area contributed by atoms with E-state index in [1.54, 1.807) is 6.20 Å². The van der Waals surface area contributed by atoms with Gasteiger partial charge < -0.3 is 9.84 Å². The molecule has 1 aliphatic heterocycles. The Kier molecular flexibility index (Phi) is 3.29. The Balaban J connectivity index is 1.92. The fourth-order valence-corrected chi connectivity index (χ4v) is 2.75. The molecule has 2 aromatic heterocycles. The molecule has 0 aliphatic carbocycles. The van der Waals surface area contributed by atoms with Crippen LogP contribution in [-0.4, -0.2) is 21.7 Å². The molecular formula is C14H18N4O. The van der Waals surface area contributed by atoms with Crippen LogP contribution in [0.2, 0.25) is 0 Å². The van der Waals surface area contributed by atoms with Gasteiger partial charge in [-0.15, -0.1) is 0 Å². The molecule has 1 unspecified atom stereocenters. The van der Waals surface area contributed by atoms with Crippen molar-refractivity contribution in [3.05, 3.63) is 30.3 Å². The van der Waals surface area contributed by atoms with E-state index in [0.29, 0.717) is 11.7 Å². The van der Waals surface area contributed by atoms with Gasteiger partial charge in [-0.05, 0) is 37.9 Å². The molecule has 1 N–H and O–H groups in total. The van der Waals surface area contributed by atoms with Crippen LogP contribution in [-0.2, 0) is 5.54 Å². The lowest BCUT2D eigenvalue weighted by Crippen LogP contribution is -2.36. The predicted molar refractivity (Wildman–Crippen MR) is 71.4 cm³/mol. The normalized spacial score (nSPS) is 22.8. The maximum atomic E-state index is 5.50. The molecule has 3 heterocycles. The van der Waals surface area contributed by atoms with Gasteiger partial charge in [0, 0.05) is 6.20 Å². The fourth-order valence-electron chi connectivity index (χ4n) is 2.75. The number of nitrogens with zero attached hydrogens (tertiary/aromatic N) is 3. The summed E-state index contributed by atoms with van der Waals surface area (Å²) in [5, 5.41) is 7.61. The summed E-state index contributed by atoms with van der Waals surface area (Å²) in [6.45, 7) is 3.19. The van der Waals surface area contributed by atoms with Crippen molar-refractivity contribution >= 4 is 0 Å². The molecule has 1 saturated heterocycles. The maximum Gasteiger partial charge on any atom is 0.247 e. The number of aromatic nitrogens is 3. The van der Waals surface area contributed by atoms with Crippen molar-refractivity contribution in [2.75, 3.05) is 6.54 Å². The summed E-state index contributed by atoms with van der Waals surface area (Å²) in [5.74, 6) is 1.27. The molecule has 0 bridgehead atoms. The topological polar surface area (TPSA) is 63.8 Å². The van der Waals surface area contributed by atoms with Crippen molar-refractivity contribution in [3.63, 3.8) is 0 Å². The van der Waals surface area contributed by atoms with Crippen molar-refractivity contribution in [1.29, 1.82) is 0 Å². The van der Waals surface area contributed by atoms with Gasteiger partial charge in [-0.2, -0.15) is 4.98 Å². The average molecular weight is 258 g/mol. The van der Waals surface area contributed by atoms with Gasteiger partial charge >= 0.3 is 0 Å². The van der Waals surface area contributed by atoms with Crippen LogP contribution in [0.4, 0.5) is 0 Å². The molecule has 100 valence electrons. The van der Waals surface area contributed by atoms with Crippen molar-refractivity contribution in [2.24, 2.45) is 0 Å². The number of hydrogen-bond donors (Lipinski definition) is 1. The molecule has 5 nitrogen and oxygen atoms in total. The highest BCUT2D eigenvalue weighted by Gasteiger charge is 2.39. The van der Waals surface area contributed by atoms with Crippen LogP contribution >= 0.6 is 0 Å². The number of hydrogen-bond acceptors (Lipinski definition) is 5. The lowest BCUT2D eigenvalue weighted by molar-refractivity contribution is 0.241. The highest BCUT2D eigenvalue weighted by molar-refractivity contribution is 5.47. The lowest BCUT2D eigenvalue weighted by Gasteiger charge is -2.24. The summed E-state index contributed by atoms with van der Waals surface area (Å²) in [6, 6.07) is 5.69. The van der Waals surface area contributed by atoms with E-state index in [1.807, 2.05) is 18.2 Å². The van der Waals surface area contributed by atoms with E-state index in [0.717, 1.165) is 37.9 Å². The molecule has 1 fully saturated rings. The average Bonchev–Trinajstić information content (AvgIpc) is 3.09. The van der Waals surface area contributed by atoms with Crippen LogP contribution in [0.15, 0.2) is 28.9 Å². The smallest absolute Gasteiger partial charge is 0.247 e. The van der Waals surface area contributed by atoms with Crippen LogP contribution < -0.4 is 5.32 Å². The first-order valence-corrected chi connectivity index (χ1v) is 6.85. The summed E-state index contributed by atoms with van der Waals surface area (Å²) in [4.78, 5) is 8.80. The van der Waals surface area contributed by atoms with Crippen molar-refractivity contribution in [3.8, 4) is 11.5 Å². The molecule has 19 heavy (non-hydrogen) atoms. The first kappa shape index (κ1) is 12.3. The first-order chi connectivity index (χ1) is 9.34. The summed E-state index contributed by atoms with van der Waals surface area (Å²) < 4.78 is 5.50. The quantitative estimate of drug-likeness (QED) is 0.912. The molecule has 5 heteroatoms. The minimum Gasteiger partial charge on any atom is -0.337 e. The molecule has 2 aromatic rings. The van der Waals surface area contributed by atoms with Gasteiger partial charge in [0.05, 0.1) is 5.54 Å². The molecule has 0 aromatic carbocycles. The standard InChI is InChI=1S/C14H18N4O/c1-2-7-14(8-5-10-16-14)13-17-12(18-19-13)11-6-3-4-9-15-11/h3-4,6,9,16H,2,5,7-8,10H2,1H3. The minimum atomic E-state index is -0.130. The van der Waals surface area contributed by atoms with Gasteiger partial charge in [0.1, 0.15) is 5.69 Å². The molecule has 1 atom stereocenters. The van der Waals surface area contributed by atoms with E-state index in [4.69, 9.17) is 4.52 Å². The predicted octanol–water partition coefficient (Wildman–Crippen LogP) is 2.51. The second-order valence-corrected chi connectivity index (χ2v) is 5.00. The Labute approximate surface area is 112 Å². The van der Waals surface area contributed by atoms with E-state index in [2.05, 4.69) is 27.4 Å². The summed E-state index contributed by atoms with van der Waals surface area (Å²) in [6.07, 6.45) is 6.07. The Morgan fingerprint density at radius 3 is 3.05 bits per heavy atom. The van der Waals surface area contributed by atoms with Crippen LogP contribution in [0.3, 0.4) is 0 Å². The number of nitrogens with one attached hydrogen (secondary N) is 1. The molecule has 0 radical (unpaired) electrons. The third-order valence-electron chi connectivity index (χ3n) is 3.65. The van der Waals surface area contributed by atoms with Gasteiger partial charge in [-0.25, -0.2) is 0 Å². The van der Waals surface area contributed by atoms with Gasteiger partial charge in [0.2, 0.25) is 11.7 Å². The van der Waals surface area contributed by atoms with E-state index in [9.17, 15) is 0 Å². The van der Waals surface area contributed by atoms with Gasteiger partial charge in [-0.1, -0.05) is 24.6 Å². The lowest BCUT2D eigenvalue weighted by atomic mass is 9.92. The van der Waals surface area contributed by atoms with Gasteiger partial charge in [0.25, 0.3) is 0 Å². The Morgan fingerprint density at radius 1 is 1.42 bits per heavy atom.